The normalized spacial score (nSPS) is 12.3. The molecule has 3 rings (SSSR count). The Labute approximate surface area is 185 Å². The number of urea groups is 1. The lowest BCUT2D eigenvalue weighted by molar-refractivity contribution is -0.118. The summed E-state index contributed by atoms with van der Waals surface area (Å²) in [5.41, 5.74) is 0.980. The van der Waals surface area contributed by atoms with Crippen molar-refractivity contribution in [3.05, 3.63) is 60.5 Å². The number of nitrogens with zero attached hydrogens (tertiary/aromatic N) is 1. The number of hydrogen-bond donors (Lipinski definition) is 3. The first-order valence-corrected chi connectivity index (χ1v) is 11.7. The quantitative estimate of drug-likeness (QED) is 0.445. The Kier molecular flexibility index (Phi) is 7.14. The number of unbranched alkanes of at least 4 members (excludes halogenated alkanes) is 1. The van der Waals surface area contributed by atoms with Crippen molar-refractivity contribution >= 4 is 38.6 Å². The molecule has 3 amide bonds. The molecule has 0 fully saturated rings. The number of fused-ring (bicyclic) bond motifs is 1. The molecule has 170 valence electrons. The fraction of sp³-hybridized carbons (Fsp3) is 0.273. The summed E-state index contributed by atoms with van der Waals surface area (Å²) in [5, 5.41) is 5.62. The zero-order chi connectivity index (χ0) is 23.3. The molecule has 1 unspecified atom stereocenters. The number of aromatic nitrogens is 1. The van der Waals surface area contributed by atoms with Crippen molar-refractivity contribution in [2.75, 3.05) is 11.9 Å². The SMILES string of the molecule is CCCCNC(=O)NS(=O)(=O)c1ccc(NC(=O)C(C)n2ccc3c(F)cccc32)cc1. The third kappa shape index (κ3) is 5.25. The van der Waals surface area contributed by atoms with Crippen LogP contribution in [0.2, 0.25) is 0 Å². The van der Waals surface area contributed by atoms with E-state index < -0.39 is 22.1 Å². The zero-order valence-corrected chi connectivity index (χ0v) is 18.6. The molecule has 1 atom stereocenters. The van der Waals surface area contributed by atoms with Gasteiger partial charge >= 0.3 is 6.03 Å². The Bertz CT molecular complexity index is 1220. The van der Waals surface area contributed by atoms with Gasteiger partial charge in [-0.3, -0.25) is 4.79 Å². The third-order valence-electron chi connectivity index (χ3n) is 4.98. The predicted molar refractivity (Wildman–Crippen MR) is 120 cm³/mol. The van der Waals surface area contributed by atoms with Gasteiger partial charge in [0.05, 0.1) is 10.4 Å². The van der Waals surface area contributed by atoms with Gasteiger partial charge < -0.3 is 15.2 Å². The molecule has 0 aliphatic rings. The molecule has 0 aliphatic carbocycles. The smallest absolute Gasteiger partial charge is 0.328 e. The number of rotatable bonds is 8. The van der Waals surface area contributed by atoms with E-state index in [2.05, 4.69) is 10.6 Å². The molecule has 32 heavy (non-hydrogen) atoms. The minimum atomic E-state index is -4.04. The van der Waals surface area contributed by atoms with E-state index in [4.69, 9.17) is 0 Å². The van der Waals surface area contributed by atoms with E-state index >= 15 is 0 Å². The van der Waals surface area contributed by atoms with Crippen LogP contribution in [0.5, 0.6) is 0 Å². The fourth-order valence-electron chi connectivity index (χ4n) is 3.17. The number of hydrogen-bond acceptors (Lipinski definition) is 4. The first-order chi connectivity index (χ1) is 15.2. The lowest BCUT2D eigenvalue weighted by atomic mass is 10.2. The van der Waals surface area contributed by atoms with E-state index in [1.807, 2.05) is 11.6 Å². The van der Waals surface area contributed by atoms with E-state index in [-0.39, 0.29) is 16.6 Å². The number of amides is 3. The second-order valence-electron chi connectivity index (χ2n) is 7.30. The third-order valence-corrected chi connectivity index (χ3v) is 6.33. The number of sulfonamides is 1. The molecule has 2 aromatic carbocycles. The summed E-state index contributed by atoms with van der Waals surface area (Å²) in [6, 6.07) is 10.3. The topological polar surface area (TPSA) is 109 Å². The maximum absolute atomic E-state index is 13.9. The lowest BCUT2D eigenvalue weighted by Gasteiger charge is -2.16. The van der Waals surface area contributed by atoms with Crippen molar-refractivity contribution < 1.29 is 22.4 Å². The van der Waals surface area contributed by atoms with Gasteiger partial charge in [-0.2, -0.15) is 0 Å². The van der Waals surface area contributed by atoms with E-state index in [1.54, 1.807) is 35.9 Å². The summed E-state index contributed by atoms with van der Waals surface area (Å²) in [5.74, 6) is -0.714. The van der Waals surface area contributed by atoms with Crippen LogP contribution in [0.15, 0.2) is 59.6 Å². The molecule has 0 saturated heterocycles. The highest BCUT2D eigenvalue weighted by Gasteiger charge is 2.20. The first kappa shape index (κ1) is 23.3. The van der Waals surface area contributed by atoms with Gasteiger partial charge in [0, 0.05) is 23.8 Å². The highest BCUT2D eigenvalue weighted by Crippen LogP contribution is 2.23. The van der Waals surface area contributed by atoms with Gasteiger partial charge in [0.25, 0.3) is 10.0 Å². The highest BCUT2D eigenvalue weighted by atomic mass is 32.2. The van der Waals surface area contributed by atoms with Crippen molar-refractivity contribution in [3.63, 3.8) is 0 Å². The molecule has 0 saturated carbocycles. The summed E-state index contributed by atoms with van der Waals surface area (Å²) in [6.07, 6.45) is 3.26. The van der Waals surface area contributed by atoms with Crippen molar-refractivity contribution in [2.24, 2.45) is 0 Å². The van der Waals surface area contributed by atoms with Crippen LogP contribution >= 0.6 is 0 Å². The Balaban J connectivity index is 1.66. The number of anilines is 1. The molecule has 3 aromatic rings. The van der Waals surface area contributed by atoms with Crippen LogP contribution in [0, 0.1) is 5.82 Å². The molecular weight excluding hydrogens is 435 g/mol. The number of carbonyl (C=O) groups is 2. The van der Waals surface area contributed by atoms with Gasteiger partial charge in [0.1, 0.15) is 11.9 Å². The van der Waals surface area contributed by atoms with Crippen LogP contribution in [0.3, 0.4) is 0 Å². The Hall–Kier alpha value is -3.40. The van der Waals surface area contributed by atoms with Crippen LogP contribution in [-0.2, 0) is 14.8 Å². The molecule has 1 aromatic heterocycles. The average molecular weight is 461 g/mol. The minimum Gasteiger partial charge on any atom is -0.337 e. The van der Waals surface area contributed by atoms with Crippen LogP contribution in [0.4, 0.5) is 14.9 Å². The van der Waals surface area contributed by atoms with E-state index in [0.29, 0.717) is 23.1 Å². The Morgan fingerprint density at radius 2 is 1.81 bits per heavy atom. The van der Waals surface area contributed by atoms with Gasteiger partial charge in [0.2, 0.25) is 5.91 Å². The number of carbonyl (C=O) groups excluding carboxylic acids is 2. The van der Waals surface area contributed by atoms with Gasteiger partial charge in [-0.05, 0) is 55.8 Å². The summed E-state index contributed by atoms with van der Waals surface area (Å²) in [6.45, 7) is 4.02. The molecule has 0 aliphatic heterocycles. The van der Waals surface area contributed by atoms with Crippen LogP contribution in [-0.4, -0.2) is 31.5 Å². The molecule has 1 heterocycles. The number of benzene rings is 2. The fourth-order valence-corrected chi connectivity index (χ4v) is 4.10. The molecule has 0 radical (unpaired) electrons. The van der Waals surface area contributed by atoms with Crippen molar-refractivity contribution in [1.82, 2.24) is 14.6 Å². The second-order valence-corrected chi connectivity index (χ2v) is 8.98. The number of halogens is 1. The summed E-state index contributed by atoms with van der Waals surface area (Å²) in [4.78, 5) is 24.3. The van der Waals surface area contributed by atoms with Gasteiger partial charge in [-0.25, -0.2) is 22.3 Å². The van der Waals surface area contributed by atoms with E-state index in [0.717, 1.165) is 12.8 Å². The standard InChI is InChI=1S/C22H25FN4O4S/c1-3-4-13-24-22(29)26-32(30,31)17-10-8-16(9-11-17)25-21(28)15(2)27-14-12-18-19(23)6-5-7-20(18)27/h5-12,14-15H,3-4,13H2,1-2H3,(H,25,28)(H2,24,26,29). The minimum absolute atomic E-state index is 0.110. The summed E-state index contributed by atoms with van der Waals surface area (Å²) < 4.78 is 42.2. The second kappa shape index (κ2) is 9.82. The summed E-state index contributed by atoms with van der Waals surface area (Å²) >= 11 is 0. The average Bonchev–Trinajstić information content (AvgIpc) is 3.19. The Morgan fingerprint density at radius 3 is 2.50 bits per heavy atom. The number of nitrogens with one attached hydrogen (secondary N) is 3. The monoisotopic (exact) mass is 460 g/mol. The zero-order valence-electron chi connectivity index (χ0n) is 17.8. The van der Waals surface area contributed by atoms with Crippen molar-refractivity contribution in [2.45, 2.75) is 37.6 Å². The van der Waals surface area contributed by atoms with Crippen molar-refractivity contribution in [1.29, 1.82) is 0 Å². The first-order valence-electron chi connectivity index (χ1n) is 10.2. The van der Waals surface area contributed by atoms with Crippen LogP contribution in [0.1, 0.15) is 32.7 Å². The van der Waals surface area contributed by atoms with E-state index in [9.17, 15) is 22.4 Å². The molecule has 0 bridgehead atoms. The molecule has 3 N–H and O–H groups in total. The lowest BCUT2D eigenvalue weighted by Crippen LogP contribution is -2.39. The molecular formula is C22H25FN4O4S. The van der Waals surface area contributed by atoms with Gasteiger partial charge in [-0.1, -0.05) is 19.4 Å². The highest BCUT2D eigenvalue weighted by molar-refractivity contribution is 7.90. The maximum atomic E-state index is 13.9. The van der Waals surface area contributed by atoms with Crippen LogP contribution < -0.4 is 15.4 Å². The Morgan fingerprint density at radius 1 is 1.09 bits per heavy atom. The van der Waals surface area contributed by atoms with Crippen LogP contribution in [0.25, 0.3) is 10.9 Å². The van der Waals surface area contributed by atoms with E-state index in [1.165, 1.54) is 30.3 Å². The van der Waals surface area contributed by atoms with Gasteiger partial charge in [-0.15, -0.1) is 0 Å². The van der Waals surface area contributed by atoms with Crippen molar-refractivity contribution in [3.8, 4) is 0 Å². The largest absolute Gasteiger partial charge is 0.337 e. The molecule has 10 heteroatoms. The summed E-state index contributed by atoms with van der Waals surface area (Å²) in [7, 11) is -4.04. The van der Waals surface area contributed by atoms with Gasteiger partial charge in [0.15, 0.2) is 0 Å². The molecule has 8 nitrogen and oxygen atoms in total. The maximum Gasteiger partial charge on any atom is 0.328 e. The molecule has 0 spiro atoms. The predicted octanol–water partition coefficient (Wildman–Crippen LogP) is 3.77.